The van der Waals surface area contributed by atoms with Crippen LogP contribution in [0.3, 0.4) is 0 Å². The molecule has 1 aliphatic heterocycles. The van der Waals surface area contributed by atoms with E-state index in [0.29, 0.717) is 0 Å². The van der Waals surface area contributed by atoms with Gasteiger partial charge in [0.1, 0.15) is 5.82 Å². The van der Waals surface area contributed by atoms with Crippen LogP contribution in [-0.2, 0) is 4.79 Å². The number of thioether (sulfide) groups is 1. The zero-order valence-corrected chi connectivity index (χ0v) is 11.5. The van der Waals surface area contributed by atoms with Crippen LogP contribution in [0.25, 0.3) is 6.08 Å². The number of hydrogen-bond acceptors (Lipinski definition) is 4. The Bertz CT molecular complexity index is 536. The molecule has 1 saturated heterocycles. The highest BCUT2D eigenvalue weighted by atomic mass is 35.5. The number of carbonyl (C=O) groups is 2. The second-order valence-electron chi connectivity index (χ2n) is 3.64. The predicted octanol–water partition coefficient (Wildman–Crippen LogP) is 2.24. The summed E-state index contributed by atoms with van der Waals surface area (Å²) in [5.41, 5.74) is 5.61. The quantitative estimate of drug-likeness (QED) is 0.870. The highest BCUT2D eigenvalue weighted by Gasteiger charge is 2.34. The van der Waals surface area contributed by atoms with Crippen LogP contribution in [0.5, 0.6) is 0 Å². The van der Waals surface area contributed by atoms with Crippen molar-refractivity contribution < 1.29 is 14.0 Å². The Hall–Kier alpha value is -1.37. The summed E-state index contributed by atoms with van der Waals surface area (Å²) in [5.74, 6) is -0.846. The fraction of sp³-hybridized carbons (Fsp3) is 0.167. The van der Waals surface area contributed by atoms with Crippen molar-refractivity contribution in [2.24, 2.45) is 5.73 Å². The van der Waals surface area contributed by atoms with Gasteiger partial charge in [0.05, 0.1) is 4.91 Å². The van der Waals surface area contributed by atoms with E-state index in [1.54, 1.807) is 18.2 Å². The normalized spacial score (nSPS) is 16.9. The van der Waals surface area contributed by atoms with Crippen molar-refractivity contribution in [2.75, 3.05) is 13.1 Å². The Labute approximate surface area is 120 Å². The Balaban J connectivity index is 0.00000180. The van der Waals surface area contributed by atoms with Gasteiger partial charge in [-0.05, 0) is 23.9 Å². The van der Waals surface area contributed by atoms with Crippen LogP contribution in [0.15, 0.2) is 29.2 Å². The van der Waals surface area contributed by atoms with Gasteiger partial charge in [0.25, 0.3) is 11.1 Å². The summed E-state index contributed by atoms with van der Waals surface area (Å²) in [5, 5.41) is -0.368. The number of benzene rings is 1. The van der Waals surface area contributed by atoms with Crippen molar-refractivity contribution in [3.63, 3.8) is 0 Å². The Morgan fingerprint density at radius 1 is 1.32 bits per heavy atom. The SMILES string of the molecule is Cl.NCCN1C(=O)SC(=Cc2ccccc2F)C1=O. The Morgan fingerprint density at radius 2 is 2.00 bits per heavy atom. The van der Waals surface area contributed by atoms with Crippen LogP contribution in [0.2, 0.25) is 0 Å². The van der Waals surface area contributed by atoms with Crippen LogP contribution in [-0.4, -0.2) is 29.1 Å². The number of carbonyl (C=O) groups excluding carboxylic acids is 2. The fourth-order valence-corrected chi connectivity index (χ4v) is 2.41. The molecule has 2 N–H and O–H groups in total. The van der Waals surface area contributed by atoms with Gasteiger partial charge in [0.15, 0.2) is 0 Å². The minimum absolute atomic E-state index is 0. The summed E-state index contributed by atoms with van der Waals surface area (Å²) >= 11 is 0.802. The van der Waals surface area contributed by atoms with Crippen LogP contribution in [0.4, 0.5) is 9.18 Å². The Kier molecular flexibility index (Phi) is 5.53. The molecule has 0 radical (unpaired) electrons. The standard InChI is InChI=1S/C12H11FN2O2S.ClH/c13-9-4-2-1-3-8(9)7-10-11(16)15(6-5-14)12(17)18-10;/h1-4,7H,5-6,14H2;1H. The van der Waals surface area contributed by atoms with Crippen LogP contribution in [0.1, 0.15) is 5.56 Å². The van der Waals surface area contributed by atoms with E-state index in [1.807, 2.05) is 0 Å². The molecule has 0 bridgehead atoms. The maximum atomic E-state index is 13.4. The van der Waals surface area contributed by atoms with Gasteiger partial charge in [-0.25, -0.2) is 4.39 Å². The lowest BCUT2D eigenvalue weighted by atomic mass is 10.2. The molecule has 0 spiro atoms. The second-order valence-corrected chi connectivity index (χ2v) is 4.64. The number of halogens is 2. The maximum absolute atomic E-state index is 13.4. The van der Waals surface area contributed by atoms with Crippen molar-refractivity contribution in [2.45, 2.75) is 0 Å². The predicted molar refractivity (Wildman–Crippen MR) is 75.4 cm³/mol. The highest BCUT2D eigenvalue weighted by molar-refractivity contribution is 8.18. The average Bonchev–Trinajstić information content (AvgIpc) is 2.60. The molecule has 102 valence electrons. The molecule has 1 aromatic carbocycles. The summed E-state index contributed by atoms with van der Waals surface area (Å²) in [7, 11) is 0. The summed E-state index contributed by atoms with van der Waals surface area (Å²) in [6.07, 6.45) is 1.39. The largest absolute Gasteiger partial charge is 0.329 e. The molecule has 2 rings (SSSR count). The lowest BCUT2D eigenvalue weighted by Crippen LogP contribution is -2.33. The maximum Gasteiger partial charge on any atom is 0.293 e. The summed E-state index contributed by atoms with van der Waals surface area (Å²) < 4.78 is 13.4. The monoisotopic (exact) mass is 302 g/mol. The van der Waals surface area contributed by atoms with Crippen molar-refractivity contribution in [3.8, 4) is 0 Å². The van der Waals surface area contributed by atoms with Gasteiger partial charge >= 0.3 is 0 Å². The molecule has 1 heterocycles. The molecular weight excluding hydrogens is 291 g/mol. The molecule has 7 heteroatoms. The number of hydrogen-bond donors (Lipinski definition) is 1. The minimum Gasteiger partial charge on any atom is -0.329 e. The van der Waals surface area contributed by atoms with E-state index in [0.717, 1.165) is 16.7 Å². The fourth-order valence-electron chi connectivity index (χ4n) is 1.56. The van der Waals surface area contributed by atoms with E-state index in [4.69, 9.17) is 5.73 Å². The first kappa shape index (κ1) is 15.7. The molecular formula is C12H12ClFN2O2S. The zero-order chi connectivity index (χ0) is 13.1. The van der Waals surface area contributed by atoms with Crippen molar-refractivity contribution in [3.05, 3.63) is 40.6 Å². The summed E-state index contributed by atoms with van der Waals surface area (Å²) in [6, 6.07) is 6.08. The van der Waals surface area contributed by atoms with Crippen LogP contribution in [0, 0.1) is 5.82 Å². The molecule has 0 aliphatic carbocycles. The summed E-state index contributed by atoms with van der Waals surface area (Å²) in [6.45, 7) is 0.393. The molecule has 19 heavy (non-hydrogen) atoms. The van der Waals surface area contributed by atoms with E-state index in [9.17, 15) is 14.0 Å². The molecule has 0 unspecified atom stereocenters. The van der Waals surface area contributed by atoms with E-state index >= 15 is 0 Å². The topological polar surface area (TPSA) is 63.4 Å². The Morgan fingerprint density at radius 3 is 2.63 bits per heavy atom. The third-order valence-electron chi connectivity index (χ3n) is 2.42. The van der Waals surface area contributed by atoms with Gasteiger partial charge in [-0.1, -0.05) is 18.2 Å². The van der Waals surface area contributed by atoms with Gasteiger partial charge in [0.2, 0.25) is 0 Å². The minimum atomic E-state index is -0.428. The lowest BCUT2D eigenvalue weighted by Gasteiger charge is -2.09. The lowest BCUT2D eigenvalue weighted by molar-refractivity contribution is -0.122. The molecule has 2 amide bonds. The van der Waals surface area contributed by atoms with Crippen molar-refractivity contribution in [1.82, 2.24) is 4.90 Å². The molecule has 0 saturated carbocycles. The van der Waals surface area contributed by atoms with Crippen LogP contribution >= 0.6 is 24.2 Å². The van der Waals surface area contributed by atoms with Gasteiger partial charge in [-0.2, -0.15) is 0 Å². The van der Waals surface area contributed by atoms with Gasteiger partial charge in [-0.15, -0.1) is 12.4 Å². The van der Waals surface area contributed by atoms with Gasteiger partial charge < -0.3 is 5.73 Å². The smallest absolute Gasteiger partial charge is 0.293 e. The number of amides is 2. The third-order valence-corrected chi connectivity index (χ3v) is 3.33. The molecule has 1 aromatic rings. The molecule has 4 nitrogen and oxygen atoms in total. The molecule has 0 atom stereocenters. The van der Waals surface area contributed by atoms with Crippen molar-refractivity contribution >= 4 is 41.4 Å². The average molecular weight is 303 g/mol. The number of nitrogens with zero attached hydrogens (tertiary/aromatic N) is 1. The highest BCUT2D eigenvalue weighted by Crippen LogP contribution is 2.32. The molecule has 1 aliphatic rings. The van der Waals surface area contributed by atoms with E-state index < -0.39 is 11.7 Å². The third kappa shape index (κ3) is 3.34. The molecule has 0 aromatic heterocycles. The first-order chi connectivity index (χ1) is 8.63. The van der Waals surface area contributed by atoms with E-state index in [1.165, 1.54) is 12.1 Å². The number of nitrogens with two attached hydrogens (primary N) is 1. The number of rotatable bonds is 3. The first-order valence-corrected chi connectivity index (χ1v) is 6.15. The van der Waals surface area contributed by atoms with E-state index in [2.05, 4.69) is 0 Å². The first-order valence-electron chi connectivity index (χ1n) is 5.33. The van der Waals surface area contributed by atoms with Gasteiger partial charge in [-0.3, -0.25) is 14.5 Å². The summed E-state index contributed by atoms with van der Waals surface area (Å²) in [4.78, 5) is 24.7. The molecule has 1 fully saturated rings. The number of imide groups is 1. The van der Waals surface area contributed by atoms with Crippen LogP contribution < -0.4 is 5.73 Å². The van der Waals surface area contributed by atoms with Crippen molar-refractivity contribution in [1.29, 1.82) is 0 Å². The van der Waals surface area contributed by atoms with Gasteiger partial charge in [0, 0.05) is 18.7 Å². The zero-order valence-electron chi connectivity index (χ0n) is 9.84. The van der Waals surface area contributed by atoms with E-state index in [-0.39, 0.29) is 41.2 Å². The second kappa shape index (κ2) is 6.70.